The van der Waals surface area contributed by atoms with Crippen LogP contribution in [0.2, 0.25) is 0 Å². The van der Waals surface area contributed by atoms with Crippen molar-refractivity contribution >= 4 is 5.91 Å². The summed E-state index contributed by atoms with van der Waals surface area (Å²) in [5.74, 6) is 1.08. The first-order valence-corrected chi connectivity index (χ1v) is 10.8. The number of rotatable bonds is 9. The first-order chi connectivity index (χ1) is 17.4. The van der Waals surface area contributed by atoms with Gasteiger partial charge >= 0.3 is 5.69 Å². The minimum Gasteiger partial charge on any atom is -0.497 e. The lowest BCUT2D eigenvalue weighted by Gasteiger charge is -2.14. The lowest BCUT2D eigenvalue weighted by atomic mass is 10.2. The van der Waals surface area contributed by atoms with Gasteiger partial charge in [-0.15, -0.1) is 0 Å². The molecule has 0 unspecified atom stereocenters. The van der Waals surface area contributed by atoms with Crippen LogP contribution in [0.15, 0.2) is 74.9 Å². The predicted octanol–water partition coefficient (Wildman–Crippen LogP) is 1.99. The summed E-state index contributed by atoms with van der Waals surface area (Å²) in [4.78, 5) is 39.7. The van der Waals surface area contributed by atoms with Crippen molar-refractivity contribution < 1.29 is 23.4 Å². The molecule has 0 aliphatic rings. The molecule has 0 atom stereocenters. The Labute approximate surface area is 205 Å². The number of furan rings is 1. The van der Waals surface area contributed by atoms with Crippen LogP contribution >= 0.6 is 0 Å². The van der Waals surface area contributed by atoms with Crippen molar-refractivity contribution in [3.63, 3.8) is 0 Å². The lowest BCUT2D eigenvalue weighted by Crippen LogP contribution is -2.46. The molecule has 0 aliphatic carbocycles. The molecule has 0 saturated carbocycles. The second-order valence-electron chi connectivity index (χ2n) is 7.59. The fourth-order valence-corrected chi connectivity index (χ4v) is 3.54. The molecule has 186 valence electrons. The van der Waals surface area contributed by atoms with Gasteiger partial charge in [0.2, 0.25) is 5.69 Å². The number of amides is 1. The number of nitrogens with zero attached hydrogens (tertiary/aromatic N) is 3. The van der Waals surface area contributed by atoms with E-state index in [0.29, 0.717) is 28.6 Å². The van der Waals surface area contributed by atoms with Gasteiger partial charge in [0, 0.05) is 6.07 Å². The van der Waals surface area contributed by atoms with Crippen molar-refractivity contribution in [1.29, 1.82) is 0 Å². The Balaban J connectivity index is 1.83. The second-order valence-corrected chi connectivity index (χ2v) is 7.59. The third-order valence-corrected chi connectivity index (χ3v) is 5.36. The molecule has 36 heavy (non-hydrogen) atoms. The normalized spacial score (nSPS) is 10.6. The zero-order valence-corrected chi connectivity index (χ0v) is 19.9. The summed E-state index contributed by atoms with van der Waals surface area (Å²) in [6, 6.07) is 15.0. The van der Waals surface area contributed by atoms with E-state index in [0.717, 1.165) is 9.25 Å². The maximum atomic E-state index is 13.4. The highest BCUT2D eigenvalue weighted by atomic mass is 16.5. The van der Waals surface area contributed by atoms with E-state index in [1.165, 1.54) is 33.7 Å². The summed E-state index contributed by atoms with van der Waals surface area (Å²) in [5.41, 5.74) is -1.13. The number of aromatic nitrogens is 3. The van der Waals surface area contributed by atoms with Crippen LogP contribution in [0.25, 0.3) is 5.69 Å². The minimum absolute atomic E-state index is 0.0400. The van der Waals surface area contributed by atoms with Gasteiger partial charge in [-0.1, -0.05) is 12.1 Å². The Morgan fingerprint density at radius 2 is 1.78 bits per heavy atom. The molecule has 11 nitrogen and oxygen atoms in total. The molecule has 1 N–H and O–H groups in total. The fraction of sp³-hybridized carbons (Fsp3) is 0.200. The Bertz CT molecular complexity index is 1490. The van der Waals surface area contributed by atoms with E-state index in [9.17, 15) is 14.4 Å². The molecule has 1 amide bonds. The highest BCUT2D eigenvalue weighted by Crippen LogP contribution is 2.28. The van der Waals surface area contributed by atoms with Crippen molar-refractivity contribution in [2.75, 3.05) is 21.3 Å². The van der Waals surface area contributed by atoms with Crippen LogP contribution in [0.4, 0.5) is 0 Å². The van der Waals surface area contributed by atoms with Crippen molar-refractivity contribution in [2.24, 2.45) is 0 Å². The number of hydrogen-bond donors (Lipinski definition) is 1. The summed E-state index contributed by atoms with van der Waals surface area (Å²) in [7, 11) is 4.45. The summed E-state index contributed by atoms with van der Waals surface area (Å²) in [6.07, 6.45) is 1.47. The van der Waals surface area contributed by atoms with Crippen LogP contribution < -0.4 is 30.8 Å². The molecule has 0 aliphatic heterocycles. The number of ether oxygens (including phenoxy) is 3. The maximum Gasteiger partial charge on any atom is 0.352 e. The van der Waals surface area contributed by atoms with Gasteiger partial charge in [-0.2, -0.15) is 9.78 Å². The standard InChI is InChI=1S/C25H24N4O7/c1-33-18-7-4-6-16(12-18)15-28-24(31)22(23(30)26-14-19-8-5-11-36-19)27-29(25(28)32)17-9-10-20(34-2)21(13-17)35-3/h4-13H,14-15H2,1-3H3,(H,26,30). The molecule has 0 spiro atoms. The monoisotopic (exact) mass is 492 g/mol. The van der Waals surface area contributed by atoms with Crippen molar-refractivity contribution in [3.05, 3.63) is 98.7 Å². The number of benzene rings is 2. The van der Waals surface area contributed by atoms with Crippen molar-refractivity contribution in [1.82, 2.24) is 19.7 Å². The molecule has 0 saturated heterocycles. The van der Waals surface area contributed by atoms with Gasteiger partial charge in [0.05, 0.1) is 46.4 Å². The average Bonchev–Trinajstić information content (AvgIpc) is 3.43. The summed E-state index contributed by atoms with van der Waals surface area (Å²) >= 11 is 0. The Kier molecular flexibility index (Phi) is 7.19. The first kappa shape index (κ1) is 24.3. The number of nitrogens with one attached hydrogen (secondary N) is 1. The number of hydrogen-bond acceptors (Lipinski definition) is 8. The molecule has 0 radical (unpaired) electrons. The van der Waals surface area contributed by atoms with Gasteiger partial charge in [-0.05, 0) is 42.0 Å². The van der Waals surface area contributed by atoms with E-state index in [4.69, 9.17) is 18.6 Å². The third kappa shape index (κ3) is 4.99. The molecule has 4 aromatic rings. The number of methoxy groups -OCH3 is 3. The Morgan fingerprint density at radius 3 is 2.47 bits per heavy atom. The molecule has 2 heterocycles. The maximum absolute atomic E-state index is 13.4. The first-order valence-electron chi connectivity index (χ1n) is 10.8. The van der Waals surface area contributed by atoms with Gasteiger partial charge < -0.3 is 23.9 Å². The molecular weight excluding hydrogens is 468 g/mol. The highest BCUT2D eigenvalue weighted by molar-refractivity contribution is 5.91. The number of carbonyl (C=O) groups is 1. The highest BCUT2D eigenvalue weighted by Gasteiger charge is 2.21. The van der Waals surface area contributed by atoms with E-state index < -0.39 is 22.9 Å². The largest absolute Gasteiger partial charge is 0.497 e. The summed E-state index contributed by atoms with van der Waals surface area (Å²) in [6.45, 7) is -0.0680. The van der Waals surface area contributed by atoms with Gasteiger partial charge in [-0.3, -0.25) is 14.2 Å². The second kappa shape index (κ2) is 10.6. The predicted molar refractivity (Wildman–Crippen MR) is 129 cm³/mol. The van der Waals surface area contributed by atoms with Gasteiger partial charge in [-0.25, -0.2) is 4.79 Å². The summed E-state index contributed by atoms with van der Waals surface area (Å²) < 4.78 is 23.0. The minimum atomic E-state index is -0.837. The third-order valence-electron chi connectivity index (χ3n) is 5.36. The average molecular weight is 492 g/mol. The van der Waals surface area contributed by atoms with Crippen LogP contribution in [-0.2, 0) is 13.1 Å². The quantitative estimate of drug-likeness (QED) is 0.376. The van der Waals surface area contributed by atoms with Crippen molar-refractivity contribution in [2.45, 2.75) is 13.1 Å². The Morgan fingerprint density at radius 1 is 0.972 bits per heavy atom. The molecule has 4 rings (SSSR count). The van der Waals surface area contributed by atoms with Crippen LogP contribution in [0, 0.1) is 0 Å². The zero-order valence-electron chi connectivity index (χ0n) is 19.9. The van der Waals surface area contributed by atoms with Crippen molar-refractivity contribution in [3.8, 4) is 22.9 Å². The van der Waals surface area contributed by atoms with Crippen LogP contribution in [-0.4, -0.2) is 41.6 Å². The molecular formula is C25H24N4O7. The lowest BCUT2D eigenvalue weighted by molar-refractivity contribution is 0.0938. The molecule has 2 aromatic carbocycles. The molecule has 0 fully saturated rings. The fourth-order valence-electron chi connectivity index (χ4n) is 3.54. The van der Waals surface area contributed by atoms with E-state index in [1.807, 2.05) is 0 Å². The summed E-state index contributed by atoms with van der Waals surface area (Å²) in [5, 5.41) is 6.72. The van der Waals surface area contributed by atoms with Crippen LogP contribution in [0.1, 0.15) is 21.8 Å². The van der Waals surface area contributed by atoms with Gasteiger partial charge in [0.1, 0.15) is 11.5 Å². The van der Waals surface area contributed by atoms with E-state index in [1.54, 1.807) is 48.5 Å². The SMILES string of the molecule is COc1cccc(Cn2c(=O)c(C(=O)NCc3ccco3)nn(-c3ccc(OC)c(OC)c3)c2=O)c1. The van der Waals surface area contributed by atoms with Crippen LogP contribution in [0.5, 0.6) is 17.2 Å². The Hall–Kier alpha value is -4.80. The van der Waals surface area contributed by atoms with Gasteiger partial charge in [0.25, 0.3) is 11.5 Å². The molecule has 11 heteroatoms. The van der Waals surface area contributed by atoms with Gasteiger partial charge in [0.15, 0.2) is 11.5 Å². The van der Waals surface area contributed by atoms with E-state index in [-0.39, 0.29) is 18.8 Å². The molecule has 0 bridgehead atoms. The zero-order chi connectivity index (χ0) is 25.7. The smallest absolute Gasteiger partial charge is 0.352 e. The van der Waals surface area contributed by atoms with Crippen LogP contribution in [0.3, 0.4) is 0 Å². The number of carbonyl (C=O) groups excluding carboxylic acids is 1. The molecule has 2 aromatic heterocycles. The van der Waals surface area contributed by atoms with E-state index in [2.05, 4.69) is 10.4 Å². The topological polar surface area (TPSA) is 127 Å². The van der Waals surface area contributed by atoms with E-state index >= 15 is 0 Å².